The lowest BCUT2D eigenvalue weighted by molar-refractivity contribution is 0.173. The molecule has 1 heterocycles. The standard InChI is InChI=1S/C16H16O3/c1-10-3-4-12(7-11(10)2)16(17)13-5-6-14-15(8-13)19-9-18-14/h3-8,16-17H,9H2,1-2H3. The second-order valence-electron chi connectivity index (χ2n) is 4.86. The van der Waals surface area contributed by atoms with Crippen LogP contribution in [-0.2, 0) is 0 Å². The van der Waals surface area contributed by atoms with Crippen molar-refractivity contribution in [1.82, 2.24) is 0 Å². The molecule has 3 heteroatoms. The normalized spacial score (nSPS) is 14.5. The van der Waals surface area contributed by atoms with Crippen LogP contribution >= 0.6 is 0 Å². The maximum absolute atomic E-state index is 10.4. The van der Waals surface area contributed by atoms with Gasteiger partial charge < -0.3 is 14.6 Å². The van der Waals surface area contributed by atoms with E-state index in [4.69, 9.17) is 9.47 Å². The van der Waals surface area contributed by atoms with Crippen LogP contribution in [-0.4, -0.2) is 11.9 Å². The number of hydrogen-bond donors (Lipinski definition) is 1. The van der Waals surface area contributed by atoms with Crippen molar-refractivity contribution in [2.45, 2.75) is 20.0 Å². The molecule has 1 atom stereocenters. The van der Waals surface area contributed by atoms with Crippen molar-refractivity contribution in [3.8, 4) is 11.5 Å². The van der Waals surface area contributed by atoms with E-state index in [2.05, 4.69) is 6.92 Å². The number of aryl methyl sites for hydroxylation is 2. The van der Waals surface area contributed by atoms with Gasteiger partial charge in [-0.2, -0.15) is 0 Å². The van der Waals surface area contributed by atoms with Gasteiger partial charge in [-0.15, -0.1) is 0 Å². The minimum Gasteiger partial charge on any atom is -0.454 e. The largest absolute Gasteiger partial charge is 0.454 e. The molecule has 0 spiro atoms. The summed E-state index contributed by atoms with van der Waals surface area (Å²) < 4.78 is 10.6. The molecule has 0 aliphatic carbocycles. The molecule has 1 aliphatic heterocycles. The third-order valence-electron chi connectivity index (χ3n) is 3.56. The first-order valence-corrected chi connectivity index (χ1v) is 6.30. The molecule has 0 saturated heterocycles. The lowest BCUT2D eigenvalue weighted by atomic mass is 9.98. The Kier molecular flexibility index (Phi) is 2.91. The Hall–Kier alpha value is -2.00. The zero-order valence-electron chi connectivity index (χ0n) is 11.0. The number of hydrogen-bond acceptors (Lipinski definition) is 3. The summed E-state index contributed by atoms with van der Waals surface area (Å²) in [4.78, 5) is 0. The van der Waals surface area contributed by atoms with Crippen LogP contribution in [0.3, 0.4) is 0 Å². The Labute approximate surface area is 112 Å². The van der Waals surface area contributed by atoms with Crippen LogP contribution in [0, 0.1) is 13.8 Å². The molecular formula is C16H16O3. The number of rotatable bonds is 2. The van der Waals surface area contributed by atoms with Crippen molar-refractivity contribution in [3.63, 3.8) is 0 Å². The minimum atomic E-state index is -0.645. The van der Waals surface area contributed by atoms with Crippen LogP contribution in [0.5, 0.6) is 11.5 Å². The van der Waals surface area contributed by atoms with Crippen LogP contribution in [0.4, 0.5) is 0 Å². The smallest absolute Gasteiger partial charge is 0.231 e. The van der Waals surface area contributed by atoms with E-state index >= 15 is 0 Å². The molecule has 1 N–H and O–H groups in total. The fourth-order valence-corrected chi connectivity index (χ4v) is 2.21. The molecule has 0 radical (unpaired) electrons. The zero-order valence-corrected chi connectivity index (χ0v) is 11.0. The SMILES string of the molecule is Cc1ccc(C(O)c2ccc3c(c2)OCO3)cc1C. The first-order valence-electron chi connectivity index (χ1n) is 6.30. The summed E-state index contributed by atoms with van der Waals surface area (Å²) in [6, 6.07) is 11.5. The van der Waals surface area contributed by atoms with Gasteiger partial charge in [-0.1, -0.05) is 24.3 Å². The van der Waals surface area contributed by atoms with Gasteiger partial charge >= 0.3 is 0 Å². The third kappa shape index (κ3) is 2.17. The monoisotopic (exact) mass is 256 g/mol. The summed E-state index contributed by atoms with van der Waals surface area (Å²) in [5, 5.41) is 10.4. The van der Waals surface area contributed by atoms with E-state index in [0.29, 0.717) is 5.75 Å². The minimum absolute atomic E-state index is 0.249. The van der Waals surface area contributed by atoms with Crippen LogP contribution in [0.15, 0.2) is 36.4 Å². The Bertz CT molecular complexity index is 619. The highest BCUT2D eigenvalue weighted by atomic mass is 16.7. The van der Waals surface area contributed by atoms with Crippen molar-refractivity contribution >= 4 is 0 Å². The first-order chi connectivity index (χ1) is 9.15. The van der Waals surface area contributed by atoms with E-state index in [1.807, 2.05) is 43.3 Å². The Morgan fingerprint density at radius 1 is 0.895 bits per heavy atom. The number of aliphatic hydroxyl groups excluding tert-OH is 1. The third-order valence-corrected chi connectivity index (χ3v) is 3.56. The highest BCUT2D eigenvalue weighted by molar-refractivity contribution is 5.47. The number of benzene rings is 2. The van der Waals surface area contributed by atoms with Crippen molar-refractivity contribution < 1.29 is 14.6 Å². The molecule has 0 bridgehead atoms. The topological polar surface area (TPSA) is 38.7 Å². The van der Waals surface area contributed by atoms with Crippen molar-refractivity contribution in [2.75, 3.05) is 6.79 Å². The first kappa shape index (κ1) is 12.1. The second-order valence-corrected chi connectivity index (χ2v) is 4.86. The molecule has 2 aromatic carbocycles. The highest BCUT2D eigenvalue weighted by Gasteiger charge is 2.17. The molecule has 0 aromatic heterocycles. The van der Waals surface area contributed by atoms with E-state index in [-0.39, 0.29) is 6.79 Å². The van der Waals surface area contributed by atoms with Crippen molar-refractivity contribution in [2.24, 2.45) is 0 Å². The average Bonchev–Trinajstić information content (AvgIpc) is 2.88. The van der Waals surface area contributed by atoms with Gasteiger partial charge in [0.15, 0.2) is 11.5 Å². The van der Waals surface area contributed by atoms with Gasteiger partial charge in [0.1, 0.15) is 6.10 Å². The van der Waals surface area contributed by atoms with E-state index in [9.17, 15) is 5.11 Å². The molecule has 3 rings (SSSR count). The van der Waals surface area contributed by atoms with Gasteiger partial charge in [0.25, 0.3) is 0 Å². The highest BCUT2D eigenvalue weighted by Crippen LogP contribution is 2.35. The maximum atomic E-state index is 10.4. The molecule has 0 amide bonds. The van der Waals surface area contributed by atoms with Crippen LogP contribution < -0.4 is 9.47 Å². The van der Waals surface area contributed by atoms with E-state index in [1.165, 1.54) is 11.1 Å². The summed E-state index contributed by atoms with van der Waals surface area (Å²) in [6.07, 6.45) is -0.645. The second kappa shape index (κ2) is 4.59. The Balaban J connectivity index is 1.94. The van der Waals surface area contributed by atoms with Gasteiger partial charge in [-0.05, 0) is 48.2 Å². The molecule has 19 heavy (non-hydrogen) atoms. The summed E-state index contributed by atoms with van der Waals surface area (Å²) in [5.74, 6) is 1.43. The predicted molar refractivity (Wildman–Crippen MR) is 72.5 cm³/mol. The van der Waals surface area contributed by atoms with Crippen molar-refractivity contribution in [3.05, 3.63) is 58.7 Å². The fourth-order valence-electron chi connectivity index (χ4n) is 2.21. The lowest BCUT2D eigenvalue weighted by Crippen LogP contribution is -2.00. The average molecular weight is 256 g/mol. The molecular weight excluding hydrogens is 240 g/mol. The van der Waals surface area contributed by atoms with Crippen LogP contribution in [0.1, 0.15) is 28.4 Å². The summed E-state index contributed by atoms with van der Waals surface area (Å²) in [5.41, 5.74) is 4.10. The Morgan fingerprint density at radius 3 is 2.37 bits per heavy atom. The van der Waals surface area contributed by atoms with Gasteiger partial charge in [-0.25, -0.2) is 0 Å². The van der Waals surface area contributed by atoms with Gasteiger partial charge in [-0.3, -0.25) is 0 Å². The molecule has 1 aliphatic rings. The molecule has 98 valence electrons. The summed E-state index contributed by atoms with van der Waals surface area (Å²) in [6.45, 7) is 4.36. The quantitative estimate of drug-likeness (QED) is 0.897. The van der Waals surface area contributed by atoms with Gasteiger partial charge in [0.05, 0.1) is 0 Å². The van der Waals surface area contributed by atoms with Crippen molar-refractivity contribution in [1.29, 1.82) is 0 Å². The fraction of sp³-hybridized carbons (Fsp3) is 0.250. The summed E-state index contributed by atoms with van der Waals surface area (Å²) in [7, 11) is 0. The predicted octanol–water partition coefficient (Wildman–Crippen LogP) is 3.11. The number of ether oxygens (including phenoxy) is 2. The maximum Gasteiger partial charge on any atom is 0.231 e. The molecule has 0 saturated carbocycles. The van der Waals surface area contributed by atoms with Gasteiger partial charge in [0, 0.05) is 0 Å². The van der Waals surface area contributed by atoms with Crippen LogP contribution in [0.2, 0.25) is 0 Å². The molecule has 3 nitrogen and oxygen atoms in total. The van der Waals surface area contributed by atoms with Gasteiger partial charge in [0.2, 0.25) is 6.79 Å². The molecule has 0 fully saturated rings. The zero-order chi connectivity index (χ0) is 13.4. The Morgan fingerprint density at radius 2 is 1.58 bits per heavy atom. The van der Waals surface area contributed by atoms with Crippen LogP contribution in [0.25, 0.3) is 0 Å². The van der Waals surface area contributed by atoms with E-state index in [1.54, 1.807) is 0 Å². The lowest BCUT2D eigenvalue weighted by Gasteiger charge is -2.13. The van der Waals surface area contributed by atoms with E-state index in [0.717, 1.165) is 16.9 Å². The number of aliphatic hydroxyl groups is 1. The molecule has 2 aromatic rings. The van der Waals surface area contributed by atoms with E-state index < -0.39 is 6.10 Å². The summed E-state index contributed by atoms with van der Waals surface area (Å²) >= 11 is 0. The molecule has 1 unspecified atom stereocenters. The number of fused-ring (bicyclic) bond motifs is 1.